The van der Waals surface area contributed by atoms with Crippen LogP contribution < -0.4 is 16.0 Å². The summed E-state index contributed by atoms with van der Waals surface area (Å²) in [6.45, 7) is 5.74. The Morgan fingerprint density at radius 1 is 1.12 bits per heavy atom. The van der Waals surface area contributed by atoms with Crippen LogP contribution in [0.5, 0.6) is 0 Å². The fourth-order valence-electron chi connectivity index (χ4n) is 2.20. The van der Waals surface area contributed by atoms with Crippen LogP contribution in [0.25, 0.3) is 0 Å². The van der Waals surface area contributed by atoms with Gasteiger partial charge in [-0.2, -0.15) is 0 Å². The number of carbonyl (C=O) groups excluding carboxylic acids is 1. The molecule has 0 bridgehead atoms. The summed E-state index contributed by atoms with van der Waals surface area (Å²) in [7, 11) is 0. The van der Waals surface area contributed by atoms with E-state index in [-0.39, 0.29) is 12.3 Å². The monoisotopic (exact) mass is 347 g/mol. The maximum atomic E-state index is 11.9. The maximum absolute atomic E-state index is 11.9. The van der Waals surface area contributed by atoms with Crippen molar-refractivity contribution in [1.82, 2.24) is 15.3 Å². The first-order chi connectivity index (χ1) is 11.6. The van der Waals surface area contributed by atoms with Gasteiger partial charge in [0.2, 0.25) is 5.91 Å². The number of amides is 1. The molecule has 0 spiro atoms. The molecule has 0 radical (unpaired) electrons. The van der Waals surface area contributed by atoms with Crippen LogP contribution in [0.4, 0.5) is 11.6 Å². The van der Waals surface area contributed by atoms with Crippen LogP contribution in [0, 0.1) is 6.92 Å². The van der Waals surface area contributed by atoms with Crippen LogP contribution in [0.15, 0.2) is 30.3 Å². The van der Waals surface area contributed by atoms with Gasteiger partial charge in [-0.15, -0.1) is 0 Å². The number of benzene rings is 1. The molecule has 128 valence electrons. The molecule has 6 nitrogen and oxygen atoms in total. The smallest absolute Gasteiger partial charge is 0.224 e. The number of aryl methyl sites for hydroxylation is 1. The summed E-state index contributed by atoms with van der Waals surface area (Å²) >= 11 is 6.05. The lowest BCUT2D eigenvalue weighted by molar-refractivity contribution is -0.120. The molecule has 0 unspecified atom stereocenters. The van der Waals surface area contributed by atoms with E-state index in [0.717, 1.165) is 23.7 Å². The molecule has 1 aromatic carbocycles. The molecule has 3 N–H and O–H groups in total. The Kier molecular flexibility index (Phi) is 6.81. The molecule has 0 aliphatic heterocycles. The molecule has 0 saturated carbocycles. The van der Waals surface area contributed by atoms with Gasteiger partial charge in [0, 0.05) is 30.7 Å². The number of halogens is 1. The number of aromatic nitrogens is 2. The molecule has 1 amide bonds. The van der Waals surface area contributed by atoms with E-state index in [4.69, 9.17) is 11.6 Å². The van der Waals surface area contributed by atoms with Crippen molar-refractivity contribution >= 4 is 29.1 Å². The van der Waals surface area contributed by atoms with Crippen LogP contribution in [-0.4, -0.2) is 35.5 Å². The molecule has 1 heterocycles. The molecule has 0 saturated heterocycles. The first-order valence-corrected chi connectivity index (χ1v) is 8.30. The number of hydrogen-bond acceptors (Lipinski definition) is 5. The van der Waals surface area contributed by atoms with Crippen molar-refractivity contribution in [3.63, 3.8) is 0 Å². The fraction of sp³-hybridized carbons (Fsp3) is 0.353. The Labute approximate surface area is 147 Å². The van der Waals surface area contributed by atoms with Gasteiger partial charge in [-0.25, -0.2) is 9.97 Å². The zero-order chi connectivity index (χ0) is 17.4. The highest BCUT2D eigenvalue weighted by Gasteiger charge is 2.06. The van der Waals surface area contributed by atoms with E-state index in [9.17, 15) is 4.79 Å². The Bertz CT molecular complexity index is 692. The highest BCUT2D eigenvalue weighted by molar-refractivity contribution is 6.31. The average Bonchev–Trinajstić information content (AvgIpc) is 2.54. The van der Waals surface area contributed by atoms with E-state index in [1.165, 1.54) is 0 Å². The van der Waals surface area contributed by atoms with E-state index in [1.54, 1.807) is 6.07 Å². The van der Waals surface area contributed by atoms with Crippen LogP contribution in [-0.2, 0) is 11.2 Å². The summed E-state index contributed by atoms with van der Waals surface area (Å²) in [5.74, 6) is 2.16. The molecular weight excluding hydrogens is 326 g/mol. The molecule has 24 heavy (non-hydrogen) atoms. The van der Waals surface area contributed by atoms with Gasteiger partial charge in [-0.05, 0) is 25.5 Å². The summed E-state index contributed by atoms with van der Waals surface area (Å²) in [6.07, 6.45) is 0.275. The van der Waals surface area contributed by atoms with Crippen LogP contribution >= 0.6 is 11.6 Å². The highest BCUT2D eigenvalue weighted by atomic mass is 35.5. The summed E-state index contributed by atoms with van der Waals surface area (Å²) in [6, 6.07) is 9.20. The maximum Gasteiger partial charge on any atom is 0.224 e. The van der Waals surface area contributed by atoms with Crippen LogP contribution in [0.2, 0.25) is 5.02 Å². The minimum Gasteiger partial charge on any atom is -0.370 e. The van der Waals surface area contributed by atoms with Crippen molar-refractivity contribution in [2.75, 3.05) is 30.3 Å². The molecule has 7 heteroatoms. The van der Waals surface area contributed by atoms with E-state index in [0.29, 0.717) is 23.9 Å². The van der Waals surface area contributed by atoms with Gasteiger partial charge < -0.3 is 16.0 Å². The number of carbonyl (C=O) groups is 1. The van der Waals surface area contributed by atoms with Crippen molar-refractivity contribution in [3.8, 4) is 0 Å². The molecule has 0 fully saturated rings. The molecule has 0 aliphatic carbocycles. The number of hydrogen-bond donors (Lipinski definition) is 3. The van der Waals surface area contributed by atoms with Crippen molar-refractivity contribution in [2.24, 2.45) is 0 Å². The zero-order valence-corrected chi connectivity index (χ0v) is 14.7. The molecular formula is C17H22ClN5O. The van der Waals surface area contributed by atoms with Crippen molar-refractivity contribution in [2.45, 2.75) is 20.3 Å². The molecule has 2 rings (SSSR count). The summed E-state index contributed by atoms with van der Waals surface area (Å²) in [4.78, 5) is 20.5. The first kappa shape index (κ1) is 18.0. The number of nitrogens with zero attached hydrogens (tertiary/aromatic N) is 2. The van der Waals surface area contributed by atoms with Crippen LogP contribution in [0.1, 0.15) is 18.3 Å². The third kappa shape index (κ3) is 5.70. The van der Waals surface area contributed by atoms with Gasteiger partial charge in [0.1, 0.15) is 17.5 Å². The SMILES string of the molecule is CCNc1cc(NCCNC(=O)Cc2ccccc2Cl)nc(C)n1. The quantitative estimate of drug-likeness (QED) is 0.640. The van der Waals surface area contributed by atoms with Crippen molar-refractivity contribution in [3.05, 3.63) is 46.7 Å². The number of rotatable bonds is 8. The predicted octanol–water partition coefficient (Wildman–Crippen LogP) is 2.64. The highest BCUT2D eigenvalue weighted by Crippen LogP contribution is 2.15. The lowest BCUT2D eigenvalue weighted by Crippen LogP contribution is -2.30. The number of anilines is 2. The average molecular weight is 348 g/mol. The van der Waals surface area contributed by atoms with Crippen LogP contribution in [0.3, 0.4) is 0 Å². The van der Waals surface area contributed by atoms with Crippen molar-refractivity contribution in [1.29, 1.82) is 0 Å². The third-order valence-corrected chi connectivity index (χ3v) is 3.63. The Morgan fingerprint density at radius 2 is 1.83 bits per heavy atom. The van der Waals surface area contributed by atoms with E-state index < -0.39 is 0 Å². The standard InChI is InChI=1S/C17H22ClN5O/c1-3-19-15-11-16(23-12(2)22-15)20-8-9-21-17(24)10-13-6-4-5-7-14(13)18/h4-7,11H,3,8-10H2,1-2H3,(H,21,24)(H2,19,20,22,23). The first-order valence-electron chi connectivity index (χ1n) is 7.92. The predicted molar refractivity (Wildman–Crippen MR) is 97.6 cm³/mol. The Hall–Kier alpha value is -2.34. The lowest BCUT2D eigenvalue weighted by atomic mass is 10.1. The van der Waals surface area contributed by atoms with Gasteiger partial charge in [0.15, 0.2) is 0 Å². The van der Waals surface area contributed by atoms with Gasteiger partial charge in [-0.1, -0.05) is 29.8 Å². The second-order valence-electron chi connectivity index (χ2n) is 5.26. The third-order valence-electron chi connectivity index (χ3n) is 3.26. The largest absolute Gasteiger partial charge is 0.370 e. The van der Waals surface area contributed by atoms with Gasteiger partial charge in [0.05, 0.1) is 6.42 Å². The van der Waals surface area contributed by atoms with Gasteiger partial charge >= 0.3 is 0 Å². The normalized spacial score (nSPS) is 10.3. The molecule has 0 aliphatic rings. The number of nitrogens with one attached hydrogen (secondary N) is 3. The summed E-state index contributed by atoms with van der Waals surface area (Å²) in [5.41, 5.74) is 0.825. The zero-order valence-electron chi connectivity index (χ0n) is 13.9. The second-order valence-corrected chi connectivity index (χ2v) is 5.67. The van der Waals surface area contributed by atoms with Gasteiger partial charge in [0.25, 0.3) is 0 Å². The Morgan fingerprint density at radius 3 is 2.54 bits per heavy atom. The van der Waals surface area contributed by atoms with E-state index in [2.05, 4.69) is 25.9 Å². The minimum atomic E-state index is -0.0582. The fourth-order valence-corrected chi connectivity index (χ4v) is 2.40. The minimum absolute atomic E-state index is 0.0582. The second kappa shape index (κ2) is 9.08. The molecule has 0 atom stereocenters. The summed E-state index contributed by atoms with van der Waals surface area (Å²) in [5, 5.41) is 9.81. The lowest BCUT2D eigenvalue weighted by Gasteiger charge is -2.10. The molecule has 1 aromatic heterocycles. The van der Waals surface area contributed by atoms with Gasteiger partial charge in [-0.3, -0.25) is 4.79 Å². The summed E-state index contributed by atoms with van der Waals surface area (Å²) < 4.78 is 0. The Balaban J connectivity index is 1.76. The topological polar surface area (TPSA) is 78.9 Å². The van der Waals surface area contributed by atoms with Crippen molar-refractivity contribution < 1.29 is 4.79 Å². The van der Waals surface area contributed by atoms with E-state index in [1.807, 2.05) is 38.1 Å². The molecule has 2 aromatic rings. The van der Waals surface area contributed by atoms with E-state index >= 15 is 0 Å².